The molecule has 3 saturated carbocycles. The van der Waals surface area contributed by atoms with E-state index < -0.39 is 73.2 Å². The van der Waals surface area contributed by atoms with E-state index >= 15 is 0 Å². The summed E-state index contributed by atoms with van der Waals surface area (Å²) in [5, 5.41) is 53.8. The molecule has 0 bridgehead atoms. The number of methoxy groups -OCH3 is 1. The van der Waals surface area contributed by atoms with Crippen LogP contribution in [0.5, 0.6) is 0 Å². The van der Waals surface area contributed by atoms with Gasteiger partial charge in [-0.2, -0.15) is 0 Å². The van der Waals surface area contributed by atoms with Crippen molar-refractivity contribution in [3.05, 3.63) is 0 Å². The van der Waals surface area contributed by atoms with Crippen molar-refractivity contribution < 1.29 is 54.6 Å². The topological polar surface area (TPSA) is 206 Å². The number of fused-ring (bicyclic) bond motifs is 2. The minimum Gasteiger partial charge on any atom is -0.394 e. The maximum absolute atomic E-state index is 14.0. The van der Waals surface area contributed by atoms with Crippen LogP contribution in [0.1, 0.15) is 51.4 Å². The van der Waals surface area contributed by atoms with Gasteiger partial charge >= 0.3 is 0 Å². The molecule has 0 aromatic rings. The highest BCUT2D eigenvalue weighted by molar-refractivity contribution is 6.00. The second kappa shape index (κ2) is 12.7. The van der Waals surface area contributed by atoms with Gasteiger partial charge in [-0.05, 0) is 44.4 Å². The summed E-state index contributed by atoms with van der Waals surface area (Å²) in [4.78, 5) is 27.9. The Hall–Kier alpha value is -1.06. The average molecular weight is 572 g/mol. The van der Waals surface area contributed by atoms with Crippen LogP contribution < -0.4 is 11.1 Å². The number of hydrogen-bond acceptors (Lipinski definition) is 11. The molecule has 228 valence electrons. The summed E-state index contributed by atoms with van der Waals surface area (Å²) in [5.41, 5.74) is 6.00. The third-order valence-electron chi connectivity index (χ3n) is 10.4. The number of aliphatic hydroxyl groups is 5. The Morgan fingerprint density at radius 2 is 1.62 bits per heavy atom. The van der Waals surface area contributed by atoms with Gasteiger partial charge in [-0.25, -0.2) is 0 Å². The number of carbonyl (C=O) groups is 2. The molecule has 2 heterocycles. The first-order valence-electron chi connectivity index (χ1n) is 15.0. The minimum atomic E-state index is -1.63. The summed E-state index contributed by atoms with van der Waals surface area (Å²) in [6.45, 7) is 0.390. The summed E-state index contributed by atoms with van der Waals surface area (Å²) in [6.07, 6.45) is -3.67. The smallest absolute Gasteiger partial charge is 0.186 e. The maximum atomic E-state index is 14.0. The Morgan fingerprint density at radius 1 is 0.900 bits per heavy atom. The first-order chi connectivity index (χ1) is 19.1. The molecule has 12 heteroatoms. The zero-order valence-corrected chi connectivity index (χ0v) is 23.2. The van der Waals surface area contributed by atoms with Crippen LogP contribution in [-0.4, -0.2) is 113 Å². The number of Topliss-reactive ketones (excluding diaryl/α,β-unsaturated/α-hetero) is 2. The molecule has 12 nitrogen and oxygen atoms in total. The van der Waals surface area contributed by atoms with Crippen LogP contribution in [0.2, 0.25) is 0 Å². The molecule has 15 unspecified atom stereocenters. The fraction of sp³-hybridized carbons (Fsp3) is 0.929. The molecule has 3 aliphatic carbocycles. The zero-order chi connectivity index (χ0) is 28.7. The molecular weight excluding hydrogens is 524 g/mol. The molecular formula is C28H47N2O10+. The van der Waals surface area contributed by atoms with Gasteiger partial charge in [-0.3, -0.25) is 15.3 Å². The number of rotatable bonds is 7. The quantitative estimate of drug-likeness (QED) is 0.169. The Labute approximate surface area is 234 Å². The van der Waals surface area contributed by atoms with Gasteiger partial charge in [-0.1, -0.05) is 0 Å². The minimum absolute atomic E-state index is 0.0422. The number of carbonyl (C=O) groups excluding carboxylic acids is 2. The van der Waals surface area contributed by atoms with Gasteiger partial charge in [0.15, 0.2) is 6.29 Å². The first-order valence-corrected chi connectivity index (χ1v) is 15.0. The number of ketones is 2. The molecule has 0 aromatic heterocycles. The molecule has 0 radical (unpaired) electrons. The lowest BCUT2D eigenvalue weighted by Gasteiger charge is -2.51. The molecule has 0 spiro atoms. The van der Waals surface area contributed by atoms with Crippen molar-refractivity contribution in [2.75, 3.05) is 20.3 Å². The van der Waals surface area contributed by atoms with Gasteiger partial charge in [0.05, 0.1) is 43.3 Å². The Morgan fingerprint density at radius 3 is 2.30 bits per heavy atom. The maximum Gasteiger partial charge on any atom is 0.186 e. The number of hydrogen-bond donors (Lipinski definition) is 7. The van der Waals surface area contributed by atoms with Gasteiger partial charge in [0.25, 0.3) is 0 Å². The molecule has 40 heavy (non-hydrogen) atoms. The van der Waals surface area contributed by atoms with Crippen molar-refractivity contribution in [1.29, 1.82) is 0 Å². The van der Waals surface area contributed by atoms with E-state index in [-0.39, 0.29) is 36.2 Å². The number of aliphatic hydroxyl groups excluding tert-OH is 5. The van der Waals surface area contributed by atoms with Crippen LogP contribution in [0.3, 0.4) is 0 Å². The van der Waals surface area contributed by atoms with Crippen LogP contribution in [0.4, 0.5) is 0 Å². The van der Waals surface area contributed by atoms with E-state index in [4.69, 9.17) is 19.9 Å². The fourth-order valence-corrected chi connectivity index (χ4v) is 8.09. The predicted molar refractivity (Wildman–Crippen MR) is 138 cm³/mol. The van der Waals surface area contributed by atoms with Gasteiger partial charge in [0, 0.05) is 37.7 Å². The van der Waals surface area contributed by atoms with Gasteiger partial charge in [0.2, 0.25) is 0 Å². The Balaban J connectivity index is 1.30. The van der Waals surface area contributed by atoms with Crippen molar-refractivity contribution >= 4 is 11.6 Å². The lowest BCUT2D eigenvalue weighted by atomic mass is 9.55. The molecule has 2 aliphatic heterocycles. The van der Waals surface area contributed by atoms with E-state index in [0.29, 0.717) is 25.2 Å². The number of quaternary nitrogens is 1. The number of ether oxygens (including phenoxy) is 3. The number of piperidine rings is 1. The Kier molecular flexibility index (Phi) is 9.62. The van der Waals surface area contributed by atoms with Crippen molar-refractivity contribution in [3.8, 4) is 0 Å². The van der Waals surface area contributed by atoms with Crippen molar-refractivity contribution in [3.63, 3.8) is 0 Å². The van der Waals surface area contributed by atoms with Gasteiger partial charge < -0.3 is 45.1 Å². The molecule has 0 aromatic carbocycles. The van der Waals surface area contributed by atoms with Crippen LogP contribution in [0.15, 0.2) is 0 Å². The third-order valence-corrected chi connectivity index (χ3v) is 10.4. The molecule has 5 rings (SSSR count). The second-order valence-corrected chi connectivity index (χ2v) is 12.8. The molecule has 0 amide bonds. The monoisotopic (exact) mass is 571 g/mol. The lowest BCUT2D eigenvalue weighted by molar-refractivity contribution is -0.702. The average Bonchev–Trinajstić information content (AvgIpc) is 2.95. The summed E-state index contributed by atoms with van der Waals surface area (Å²) in [7, 11) is 1.53. The van der Waals surface area contributed by atoms with Crippen LogP contribution in [-0.2, 0) is 23.8 Å². The van der Waals surface area contributed by atoms with E-state index in [1.165, 1.54) is 7.11 Å². The largest absolute Gasteiger partial charge is 0.394 e. The third kappa shape index (κ3) is 5.90. The fourth-order valence-electron chi connectivity index (χ4n) is 8.09. The van der Waals surface area contributed by atoms with E-state index in [9.17, 15) is 35.1 Å². The highest BCUT2D eigenvalue weighted by Crippen LogP contribution is 2.50. The van der Waals surface area contributed by atoms with E-state index in [1.807, 2.05) is 0 Å². The predicted octanol–water partition coefficient (Wildman–Crippen LogP) is -2.59. The highest BCUT2D eigenvalue weighted by atomic mass is 16.7. The lowest BCUT2D eigenvalue weighted by Crippen LogP contribution is -2.95. The molecule has 9 N–H and O–H groups in total. The van der Waals surface area contributed by atoms with Crippen molar-refractivity contribution in [1.82, 2.24) is 0 Å². The standard InChI is InChI=1S/C28H46N2O10/c1-38-14-8-16-22(18(9-14)39-28-27(37)26(36)24(34)19(11-31)40-28)25(35)21-15(23(16)33)6-13(7-17(21)32)3-2-12-4-5-20(29)30-10-12/h12-22,24,26-28,30-32,34,36-37H,2-11,29H2,1H3/p+1. The summed E-state index contributed by atoms with van der Waals surface area (Å²) >= 11 is 0. The first kappa shape index (κ1) is 30.4. The van der Waals surface area contributed by atoms with Crippen molar-refractivity contribution in [2.24, 2.45) is 41.2 Å². The second-order valence-electron chi connectivity index (χ2n) is 12.8. The van der Waals surface area contributed by atoms with E-state index in [2.05, 4.69) is 5.32 Å². The summed E-state index contributed by atoms with van der Waals surface area (Å²) < 4.78 is 17.2. The SMILES string of the molecule is COC1CC(OC2OC(CO)C(O)C(O)C2O)C2C(=O)C3C(O)CC(CCC4CCC(N)[NH2+]C4)CC3C(=O)C2C1. The summed E-state index contributed by atoms with van der Waals surface area (Å²) in [6, 6.07) is 0. The molecule has 2 saturated heterocycles. The van der Waals surface area contributed by atoms with Crippen LogP contribution >= 0.6 is 0 Å². The highest BCUT2D eigenvalue weighted by Gasteiger charge is 2.59. The van der Waals surface area contributed by atoms with Gasteiger partial charge in [0.1, 0.15) is 42.1 Å². The van der Waals surface area contributed by atoms with Gasteiger partial charge in [-0.15, -0.1) is 0 Å². The number of nitrogens with two attached hydrogens (primary N) is 2. The van der Waals surface area contributed by atoms with Crippen LogP contribution in [0.25, 0.3) is 0 Å². The zero-order valence-electron chi connectivity index (χ0n) is 23.2. The summed E-state index contributed by atoms with van der Waals surface area (Å²) in [5.74, 6) is -2.35. The molecule has 5 fully saturated rings. The normalized spacial score (nSPS) is 49.8. The van der Waals surface area contributed by atoms with Crippen molar-refractivity contribution in [2.45, 2.75) is 107 Å². The van der Waals surface area contributed by atoms with E-state index in [1.54, 1.807) is 0 Å². The van der Waals surface area contributed by atoms with E-state index in [0.717, 1.165) is 32.2 Å². The molecule has 15 atom stereocenters. The Bertz CT molecular complexity index is 898. The van der Waals surface area contributed by atoms with Crippen LogP contribution in [0, 0.1) is 35.5 Å². The molecule has 5 aliphatic rings.